The molecule has 0 fully saturated rings. The second-order valence-corrected chi connectivity index (χ2v) is 11.9. The van der Waals surface area contributed by atoms with Crippen LogP contribution in [0.5, 0.6) is 0 Å². The number of aromatic nitrogens is 4. The van der Waals surface area contributed by atoms with Gasteiger partial charge in [0.05, 0.1) is 0 Å². The molecule has 0 aliphatic heterocycles. The third-order valence-electron chi connectivity index (χ3n) is 9.04. The highest BCUT2D eigenvalue weighted by atomic mass is 15.0. The van der Waals surface area contributed by atoms with Crippen LogP contribution < -0.4 is 0 Å². The van der Waals surface area contributed by atoms with Crippen molar-refractivity contribution in [3.05, 3.63) is 170 Å². The molecule has 9 rings (SSSR count). The molecular weight excluding hydrogens is 585 g/mol. The first-order valence-electron chi connectivity index (χ1n) is 16.0. The average Bonchev–Trinajstić information content (AvgIpc) is 3.18. The number of hydrogen-bond acceptors (Lipinski definition) is 4. The Bertz CT molecular complexity index is 2540. The van der Waals surface area contributed by atoms with Crippen LogP contribution in [0.4, 0.5) is 0 Å². The first kappa shape index (κ1) is 27.8. The predicted octanol–water partition coefficient (Wildman–Crippen LogP) is 11.1. The molecule has 7 aromatic carbocycles. The Kier molecular flexibility index (Phi) is 6.76. The lowest BCUT2D eigenvalue weighted by molar-refractivity contribution is 1.07. The van der Waals surface area contributed by atoms with Gasteiger partial charge in [-0.25, -0.2) is 15.0 Å². The summed E-state index contributed by atoms with van der Waals surface area (Å²) >= 11 is 0. The minimum Gasteiger partial charge on any atom is -0.265 e. The van der Waals surface area contributed by atoms with Crippen LogP contribution in [0.3, 0.4) is 0 Å². The molecule has 2 aromatic heterocycles. The normalized spacial score (nSPS) is 11.3. The van der Waals surface area contributed by atoms with E-state index in [1.54, 1.807) is 0 Å². The van der Waals surface area contributed by atoms with Crippen LogP contribution in [-0.2, 0) is 0 Å². The number of benzene rings is 7. The average molecular weight is 613 g/mol. The van der Waals surface area contributed by atoms with E-state index in [1.807, 2.05) is 54.9 Å². The van der Waals surface area contributed by atoms with Crippen molar-refractivity contribution >= 4 is 32.3 Å². The van der Waals surface area contributed by atoms with Crippen LogP contribution in [0.1, 0.15) is 0 Å². The summed E-state index contributed by atoms with van der Waals surface area (Å²) in [5.41, 5.74) is 7.36. The summed E-state index contributed by atoms with van der Waals surface area (Å²) < 4.78 is 0. The van der Waals surface area contributed by atoms with Gasteiger partial charge in [-0.15, -0.1) is 0 Å². The highest BCUT2D eigenvalue weighted by Gasteiger charge is 2.14. The molecule has 0 aliphatic rings. The number of pyridine rings is 1. The van der Waals surface area contributed by atoms with Crippen molar-refractivity contribution in [3.8, 4) is 56.4 Å². The van der Waals surface area contributed by atoms with E-state index >= 15 is 0 Å². The molecule has 0 unspecified atom stereocenters. The van der Waals surface area contributed by atoms with E-state index in [9.17, 15) is 0 Å². The molecule has 9 aromatic rings. The van der Waals surface area contributed by atoms with E-state index in [1.165, 1.54) is 37.9 Å². The maximum absolute atomic E-state index is 4.98. The molecule has 0 saturated carbocycles. The second kappa shape index (κ2) is 11.7. The summed E-state index contributed by atoms with van der Waals surface area (Å²) in [5.74, 6) is 1.92. The minimum absolute atomic E-state index is 0.637. The van der Waals surface area contributed by atoms with E-state index in [2.05, 4.69) is 120 Å². The number of hydrogen-bond donors (Lipinski definition) is 0. The SMILES string of the molecule is c1ccc(-c2nc(-c3ccc(-c4ccncc4)cc3)nc(-c3ccc(-c4ccc5c6ccccc6c6ccccc6c5c4)cc3)n2)cc1. The van der Waals surface area contributed by atoms with Crippen LogP contribution in [0, 0.1) is 0 Å². The number of rotatable bonds is 5. The zero-order valence-corrected chi connectivity index (χ0v) is 26.0. The summed E-state index contributed by atoms with van der Waals surface area (Å²) in [6.07, 6.45) is 3.62. The van der Waals surface area contributed by atoms with Crippen molar-refractivity contribution in [2.24, 2.45) is 0 Å². The van der Waals surface area contributed by atoms with E-state index in [4.69, 9.17) is 15.0 Å². The van der Waals surface area contributed by atoms with E-state index < -0.39 is 0 Å². The summed E-state index contributed by atoms with van der Waals surface area (Å²) in [5, 5.41) is 7.64. The first-order valence-corrected chi connectivity index (χ1v) is 16.0. The fourth-order valence-electron chi connectivity index (χ4n) is 6.61. The molecule has 0 aliphatic carbocycles. The largest absolute Gasteiger partial charge is 0.265 e. The fraction of sp³-hybridized carbons (Fsp3) is 0. The van der Waals surface area contributed by atoms with Crippen LogP contribution in [0.25, 0.3) is 88.7 Å². The maximum Gasteiger partial charge on any atom is 0.164 e. The van der Waals surface area contributed by atoms with E-state index in [0.717, 1.165) is 33.4 Å². The molecule has 2 heterocycles. The number of nitrogens with zero attached hydrogens (tertiary/aromatic N) is 4. The Labute approximate surface area is 278 Å². The van der Waals surface area contributed by atoms with E-state index in [0.29, 0.717) is 17.5 Å². The first-order chi connectivity index (χ1) is 23.8. The maximum atomic E-state index is 4.98. The third kappa shape index (κ3) is 4.97. The van der Waals surface area contributed by atoms with Crippen LogP contribution in [0.15, 0.2) is 170 Å². The van der Waals surface area contributed by atoms with Crippen molar-refractivity contribution in [1.82, 2.24) is 19.9 Å². The van der Waals surface area contributed by atoms with Crippen LogP contribution >= 0.6 is 0 Å². The molecular formula is C44H28N4. The molecule has 0 radical (unpaired) electrons. The topological polar surface area (TPSA) is 51.6 Å². The summed E-state index contributed by atoms with van der Waals surface area (Å²) in [6, 6.07) is 55.2. The molecule has 0 amide bonds. The Hall–Kier alpha value is -6.52. The number of fused-ring (bicyclic) bond motifs is 6. The van der Waals surface area contributed by atoms with Gasteiger partial charge >= 0.3 is 0 Å². The van der Waals surface area contributed by atoms with Crippen LogP contribution in [-0.4, -0.2) is 19.9 Å². The zero-order valence-electron chi connectivity index (χ0n) is 26.0. The van der Waals surface area contributed by atoms with Crippen molar-refractivity contribution in [1.29, 1.82) is 0 Å². The van der Waals surface area contributed by atoms with E-state index in [-0.39, 0.29) is 0 Å². The fourth-order valence-corrected chi connectivity index (χ4v) is 6.61. The van der Waals surface area contributed by atoms with Gasteiger partial charge in [-0.1, -0.05) is 140 Å². The lowest BCUT2D eigenvalue weighted by atomic mass is 9.92. The van der Waals surface area contributed by atoms with Gasteiger partial charge in [-0.3, -0.25) is 4.98 Å². The van der Waals surface area contributed by atoms with Gasteiger partial charge in [-0.2, -0.15) is 0 Å². The summed E-state index contributed by atoms with van der Waals surface area (Å²) in [7, 11) is 0. The van der Waals surface area contributed by atoms with Gasteiger partial charge in [0.2, 0.25) is 0 Å². The predicted molar refractivity (Wildman–Crippen MR) is 197 cm³/mol. The molecule has 0 bridgehead atoms. The Morgan fingerprint density at radius 1 is 0.250 bits per heavy atom. The molecule has 0 atom stereocenters. The Morgan fingerprint density at radius 2 is 0.604 bits per heavy atom. The molecule has 48 heavy (non-hydrogen) atoms. The van der Waals surface area contributed by atoms with Crippen molar-refractivity contribution in [3.63, 3.8) is 0 Å². The molecule has 224 valence electrons. The van der Waals surface area contributed by atoms with Gasteiger partial charge in [0.25, 0.3) is 0 Å². The third-order valence-corrected chi connectivity index (χ3v) is 9.04. The molecule has 0 N–H and O–H groups in total. The van der Waals surface area contributed by atoms with Crippen molar-refractivity contribution < 1.29 is 0 Å². The Balaban J connectivity index is 1.11. The molecule has 0 spiro atoms. The second-order valence-electron chi connectivity index (χ2n) is 11.9. The summed E-state index contributed by atoms with van der Waals surface area (Å²) in [6.45, 7) is 0. The monoisotopic (exact) mass is 612 g/mol. The van der Waals surface area contributed by atoms with Gasteiger partial charge in [0.15, 0.2) is 17.5 Å². The lowest BCUT2D eigenvalue weighted by Crippen LogP contribution is -2.00. The molecule has 4 heteroatoms. The minimum atomic E-state index is 0.637. The Morgan fingerprint density at radius 3 is 1.12 bits per heavy atom. The zero-order chi connectivity index (χ0) is 31.9. The van der Waals surface area contributed by atoms with Gasteiger partial charge in [-0.05, 0) is 72.8 Å². The van der Waals surface area contributed by atoms with Crippen molar-refractivity contribution in [2.75, 3.05) is 0 Å². The van der Waals surface area contributed by atoms with Gasteiger partial charge in [0.1, 0.15) is 0 Å². The quantitative estimate of drug-likeness (QED) is 0.181. The summed E-state index contributed by atoms with van der Waals surface area (Å²) in [4.78, 5) is 19.0. The molecule has 4 nitrogen and oxygen atoms in total. The van der Waals surface area contributed by atoms with Gasteiger partial charge < -0.3 is 0 Å². The lowest BCUT2D eigenvalue weighted by Gasteiger charge is -2.12. The van der Waals surface area contributed by atoms with Crippen molar-refractivity contribution in [2.45, 2.75) is 0 Å². The highest BCUT2D eigenvalue weighted by Crippen LogP contribution is 2.37. The standard InChI is InChI=1S/C44H28N4/c1-2-8-32(9-3-1)42-46-43(33-18-14-29(15-19-33)31-24-26-45-27-25-31)48-44(47-42)34-20-16-30(17-21-34)35-22-23-40-38-12-5-4-10-36(38)37-11-6-7-13-39(37)41(40)28-35/h1-28H. The smallest absolute Gasteiger partial charge is 0.164 e. The van der Waals surface area contributed by atoms with Gasteiger partial charge in [0, 0.05) is 29.1 Å². The highest BCUT2D eigenvalue weighted by molar-refractivity contribution is 6.25. The van der Waals surface area contributed by atoms with Crippen LogP contribution in [0.2, 0.25) is 0 Å². The molecule has 0 saturated heterocycles.